The number of nitrogens with one attached hydrogen (secondary N) is 1. The molecule has 0 atom stereocenters. The maximum Gasteiger partial charge on any atom is 0.264 e. The fourth-order valence-corrected chi connectivity index (χ4v) is 5.29. The molecule has 4 rings (SSSR count). The zero-order valence-electron chi connectivity index (χ0n) is 18.9. The van der Waals surface area contributed by atoms with Gasteiger partial charge >= 0.3 is 0 Å². The van der Waals surface area contributed by atoms with Crippen molar-refractivity contribution in [3.05, 3.63) is 83.9 Å². The first kappa shape index (κ1) is 24.3. The van der Waals surface area contributed by atoms with Crippen molar-refractivity contribution in [2.24, 2.45) is 0 Å². The van der Waals surface area contributed by atoms with Crippen LogP contribution in [0.1, 0.15) is 18.4 Å². The Morgan fingerprint density at radius 1 is 1.00 bits per heavy atom. The molecule has 2 amide bonds. The monoisotopic (exact) mass is 499 g/mol. The van der Waals surface area contributed by atoms with Gasteiger partial charge in [-0.25, -0.2) is 17.2 Å². The molecule has 3 aromatic carbocycles. The number of nitrogens with zero attached hydrogens (tertiary/aromatic N) is 2. The SMILES string of the molecule is Cc1ccc(NC(=O)CN(c2ccc(F)cc2)S(=O)(=O)c2ccc(F)cc2)cc1N1CCCC1=O. The minimum Gasteiger partial charge on any atom is -0.324 e. The molecule has 10 heteroatoms. The van der Waals surface area contributed by atoms with E-state index in [0.29, 0.717) is 24.3 Å². The lowest BCUT2D eigenvalue weighted by molar-refractivity contribution is -0.117. The smallest absolute Gasteiger partial charge is 0.264 e. The van der Waals surface area contributed by atoms with E-state index in [1.54, 1.807) is 23.1 Å². The van der Waals surface area contributed by atoms with Gasteiger partial charge in [0.1, 0.15) is 18.2 Å². The Balaban J connectivity index is 1.61. The average Bonchev–Trinajstić information content (AvgIpc) is 3.25. The summed E-state index contributed by atoms with van der Waals surface area (Å²) in [7, 11) is -4.28. The van der Waals surface area contributed by atoms with Crippen LogP contribution in [0.2, 0.25) is 0 Å². The van der Waals surface area contributed by atoms with E-state index in [2.05, 4.69) is 5.32 Å². The molecule has 1 aliphatic heterocycles. The van der Waals surface area contributed by atoms with E-state index in [4.69, 9.17) is 0 Å². The summed E-state index contributed by atoms with van der Waals surface area (Å²) in [6.45, 7) is 1.83. The molecule has 1 heterocycles. The Labute approximate surface area is 202 Å². The molecule has 0 saturated carbocycles. The summed E-state index contributed by atoms with van der Waals surface area (Å²) in [5.74, 6) is -1.82. The van der Waals surface area contributed by atoms with Gasteiger partial charge in [-0.2, -0.15) is 0 Å². The number of hydrogen-bond donors (Lipinski definition) is 1. The minimum absolute atomic E-state index is 0.00412. The molecular formula is C25H23F2N3O4S. The van der Waals surface area contributed by atoms with Crippen molar-refractivity contribution in [3.63, 3.8) is 0 Å². The lowest BCUT2D eigenvalue weighted by Crippen LogP contribution is -2.38. The number of rotatable bonds is 7. The summed E-state index contributed by atoms with van der Waals surface area (Å²) >= 11 is 0. The summed E-state index contributed by atoms with van der Waals surface area (Å²) < 4.78 is 54.3. The second-order valence-electron chi connectivity index (χ2n) is 8.14. The minimum atomic E-state index is -4.28. The number of amides is 2. The van der Waals surface area contributed by atoms with E-state index in [1.807, 2.05) is 6.92 Å². The lowest BCUT2D eigenvalue weighted by atomic mass is 10.1. The van der Waals surface area contributed by atoms with Gasteiger partial charge in [-0.05, 0) is 79.6 Å². The molecule has 182 valence electrons. The number of anilines is 3. The van der Waals surface area contributed by atoms with Gasteiger partial charge in [-0.1, -0.05) is 6.07 Å². The summed E-state index contributed by atoms with van der Waals surface area (Å²) in [4.78, 5) is 26.6. The van der Waals surface area contributed by atoms with E-state index in [0.717, 1.165) is 52.7 Å². The molecule has 1 saturated heterocycles. The number of carbonyl (C=O) groups excluding carboxylic acids is 2. The number of carbonyl (C=O) groups is 2. The van der Waals surface area contributed by atoms with Crippen molar-refractivity contribution >= 4 is 38.9 Å². The first-order valence-corrected chi connectivity index (χ1v) is 12.3. The third-order valence-corrected chi connectivity index (χ3v) is 7.45. The van der Waals surface area contributed by atoms with Crippen molar-refractivity contribution in [2.45, 2.75) is 24.7 Å². The molecule has 0 radical (unpaired) electrons. The van der Waals surface area contributed by atoms with Crippen molar-refractivity contribution in [3.8, 4) is 0 Å². The van der Waals surface area contributed by atoms with E-state index in [9.17, 15) is 26.8 Å². The van der Waals surface area contributed by atoms with Gasteiger partial charge in [0.25, 0.3) is 10.0 Å². The van der Waals surface area contributed by atoms with Gasteiger partial charge < -0.3 is 10.2 Å². The Hall–Kier alpha value is -3.79. The standard InChI is InChI=1S/C25H23F2N3O4S/c1-17-4-9-20(15-23(17)29-14-2-3-25(29)32)28-24(31)16-30(21-10-5-18(26)6-11-21)35(33,34)22-12-7-19(27)8-13-22/h4-13,15H,2-3,14,16H2,1H3,(H,28,31). The fourth-order valence-electron chi connectivity index (χ4n) is 3.87. The van der Waals surface area contributed by atoms with Gasteiger partial charge in [0.2, 0.25) is 11.8 Å². The summed E-state index contributed by atoms with van der Waals surface area (Å²) in [6, 6.07) is 14.0. The highest BCUT2D eigenvalue weighted by Crippen LogP contribution is 2.29. The van der Waals surface area contributed by atoms with Crippen molar-refractivity contribution < 1.29 is 26.8 Å². The predicted octanol–water partition coefficient (Wildman–Crippen LogP) is 4.23. The Morgan fingerprint density at radius 2 is 1.63 bits per heavy atom. The highest BCUT2D eigenvalue weighted by molar-refractivity contribution is 7.92. The summed E-state index contributed by atoms with van der Waals surface area (Å²) in [6.07, 6.45) is 1.21. The fraction of sp³-hybridized carbons (Fsp3) is 0.200. The van der Waals surface area contributed by atoms with Gasteiger partial charge in [-0.3, -0.25) is 13.9 Å². The van der Waals surface area contributed by atoms with Crippen LogP contribution < -0.4 is 14.5 Å². The number of benzene rings is 3. The Kier molecular flexibility index (Phi) is 6.83. The lowest BCUT2D eigenvalue weighted by Gasteiger charge is -2.24. The molecule has 35 heavy (non-hydrogen) atoms. The largest absolute Gasteiger partial charge is 0.324 e. The molecule has 7 nitrogen and oxygen atoms in total. The Bertz CT molecular complexity index is 1360. The topological polar surface area (TPSA) is 86.8 Å². The highest BCUT2D eigenvalue weighted by atomic mass is 32.2. The molecule has 1 N–H and O–H groups in total. The van der Waals surface area contributed by atoms with Crippen LogP contribution >= 0.6 is 0 Å². The summed E-state index contributed by atoms with van der Waals surface area (Å²) in [5.41, 5.74) is 2.01. The second-order valence-corrected chi connectivity index (χ2v) is 10.0. The maximum atomic E-state index is 13.5. The number of sulfonamides is 1. The third-order valence-electron chi connectivity index (χ3n) is 5.66. The van der Waals surface area contributed by atoms with Gasteiger partial charge in [0.15, 0.2) is 0 Å². The molecule has 1 fully saturated rings. The molecule has 0 aliphatic carbocycles. The third kappa shape index (κ3) is 5.32. The van der Waals surface area contributed by atoms with Crippen LogP contribution in [0, 0.1) is 18.6 Å². The van der Waals surface area contributed by atoms with Gasteiger partial charge in [0.05, 0.1) is 10.6 Å². The molecular weight excluding hydrogens is 476 g/mol. The van der Waals surface area contributed by atoms with E-state index < -0.39 is 34.1 Å². The van der Waals surface area contributed by atoms with Crippen LogP contribution in [0.4, 0.5) is 25.8 Å². The van der Waals surface area contributed by atoms with Crippen LogP contribution in [0.25, 0.3) is 0 Å². The van der Waals surface area contributed by atoms with Gasteiger partial charge in [-0.15, -0.1) is 0 Å². The molecule has 0 aromatic heterocycles. The summed E-state index contributed by atoms with van der Waals surface area (Å²) in [5, 5.41) is 2.68. The normalized spacial score (nSPS) is 13.7. The molecule has 1 aliphatic rings. The van der Waals surface area contributed by atoms with E-state index >= 15 is 0 Å². The molecule has 0 spiro atoms. The average molecular weight is 500 g/mol. The van der Waals surface area contributed by atoms with Crippen LogP contribution in [0.5, 0.6) is 0 Å². The number of halogens is 2. The second kappa shape index (κ2) is 9.83. The predicted molar refractivity (Wildman–Crippen MR) is 129 cm³/mol. The highest BCUT2D eigenvalue weighted by Gasteiger charge is 2.28. The van der Waals surface area contributed by atoms with Crippen LogP contribution in [-0.4, -0.2) is 33.3 Å². The van der Waals surface area contributed by atoms with Crippen LogP contribution in [-0.2, 0) is 19.6 Å². The quantitative estimate of drug-likeness (QED) is 0.527. The first-order chi connectivity index (χ1) is 16.6. The van der Waals surface area contributed by atoms with Crippen molar-refractivity contribution in [1.29, 1.82) is 0 Å². The zero-order valence-corrected chi connectivity index (χ0v) is 19.7. The van der Waals surface area contributed by atoms with Crippen molar-refractivity contribution in [2.75, 3.05) is 27.6 Å². The van der Waals surface area contributed by atoms with Crippen LogP contribution in [0.15, 0.2) is 71.6 Å². The number of aryl methyl sites for hydroxylation is 1. The Morgan fingerprint density at radius 3 is 2.23 bits per heavy atom. The van der Waals surface area contributed by atoms with Gasteiger partial charge in [0, 0.05) is 24.3 Å². The van der Waals surface area contributed by atoms with Crippen LogP contribution in [0.3, 0.4) is 0 Å². The van der Waals surface area contributed by atoms with E-state index in [-0.39, 0.29) is 16.5 Å². The zero-order chi connectivity index (χ0) is 25.2. The van der Waals surface area contributed by atoms with Crippen molar-refractivity contribution in [1.82, 2.24) is 0 Å². The molecule has 0 unspecified atom stereocenters. The first-order valence-electron chi connectivity index (χ1n) is 10.9. The molecule has 3 aromatic rings. The maximum absolute atomic E-state index is 13.5. The molecule has 0 bridgehead atoms. The number of hydrogen-bond acceptors (Lipinski definition) is 4. The van der Waals surface area contributed by atoms with E-state index in [1.165, 1.54) is 12.1 Å².